The van der Waals surface area contributed by atoms with Crippen LogP contribution < -0.4 is 0 Å². The second kappa shape index (κ2) is 5.43. The fraction of sp³-hybridized carbons (Fsp3) is 0.333. The number of hydrogen-bond acceptors (Lipinski definition) is 2. The van der Waals surface area contributed by atoms with E-state index in [1.807, 2.05) is 31.2 Å². The van der Waals surface area contributed by atoms with Gasteiger partial charge in [-0.15, -0.1) is 6.42 Å². The maximum Gasteiger partial charge on any atom is 0.143 e. The Kier molecular flexibility index (Phi) is 4.18. The van der Waals surface area contributed by atoms with Gasteiger partial charge in [-0.3, -0.25) is 0 Å². The van der Waals surface area contributed by atoms with Crippen molar-refractivity contribution in [1.82, 2.24) is 0 Å². The fourth-order valence-electron chi connectivity index (χ4n) is 1.28. The summed E-state index contributed by atoms with van der Waals surface area (Å²) in [6.45, 7) is 2.25. The molecule has 0 aliphatic carbocycles. The van der Waals surface area contributed by atoms with Crippen LogP contribution in [0.5, 0.6) is 0 Å². The lowest BCUT2D eigenvalue weighted by molar-refractivity contribution is 0.0590. The molecule has 0 aliphatic heterocycles. The van der Waals surface area contributed by atoms with Gasteiger partial charge in [-0.05, 0) is 18.1 Å². The van der Waals surface area contributed by atoms with Crippen LogP contribution in [0.3, 0.4) is 0 Å². The molecule has 0 fully saturated rings. The minimum atomic E-state index is -0.358. The molecule has 1 rings (SSSR count). The predicted octanol–water partition coefficient (Wildman–Crippen LogP) is 1.68. The molecule has 14 heavy (non-hydrogen) atoms. The zero-order valence-electron chi connectivity index (χ0n) is 8.23. The van der Waals surface area contributed by atoms with Gasteiger partial charge in [-0.2, -0.15) is 0 Å². The van der Waals surface area contributed by atoms with Crippen molar-refractivity contribution in [1.29, 1.82) is 0 Å². The van der Waals surface area contributed by atoms with Crippen LogP contribution in [0.1, 0.15) is 17.2 Å². The van der Waals surface area contributed by atoms with Crippen molar-refractivity contribution in [3.05, 3.63) is 35.4 Å². The van der Waals surface area contributed by atoms with Crippen LogP contribution in [0.15, 0.2) is 24.3 Å². The summed E-state index contributed by atoms with van der Waals surface area (Å²) in [4.78, 5) is 0. The molecule has 0 aliphatic rings. The average molecular weight is 190 g/mol. The van der Waals surface area contributed by atoms with E-state index in [0.717, 1.165) is 11.1 Å². The lowest BCUT2D eigenvalue weighted by Gasteiger charge is -2.13. The zero-order chi connectivity index (χ0) is 10.4. The Hall–Kier alpha value is -1.30. The Morgan fingerprint density at radius 1 is 1.50 bits per heavy atom. The third-order valence-electron chi connectivity index (χ3n) is 2.00. The van der Waals surface area contributed by atoms with E-state index >= 15 is 0 Å². The lowest BCUT2D eigenvalue weighted by atomic mass is 10.0. The van der Waals surface area contributed by atoms with Crippen molar-refractivity contribution in [3.63, 3.8) is 0 Å². The Labute approximate surface area is 84.5 Å². The summed E-state index contributed by atoms with van der Waals surface area (Å²) in [7, 11) is 0. The molecule has 0 saturated carbocycles. The zero-order valence-corrected chi connectivity index (χ0v) is 8.23. The molecule has 0 amide bonds. The molecule has 0 bridgehead atoms. The second-order valence-electron chi connectivity index (χ2n) is 3.00. The molecular formula is C12H14O2. The van der Waals surface area contributed by atoms with E-state index in [0.29, 0.717) is 0 Å². The Bertz CT molecular complexity index is 325. The SMILES string of the molecule is C#C[C@@H](OCCO)c1ccccc1C. The van der Waals surface area contributed by atoms with Gasteiger partial charge in [0.15, 0.2) is 0 Å². The smallest absolute Gasteiger partial charge is 0.143 e. The number of hydrogen-bond donors (Lipinski definition) is 1. The van der Waals surface area contributed by atoms with Gasteiger partial charge in [-0.25, -0.2) is 0 Å². The summed E-state index contributed by atoms with van der Waals surface area (Å²) >= 11 is 0. The highest BCUT2D eigenvalue weighted by Gasteiger charge is 2.09. The third-order valence-corrected chi connectivity index (χ3v) is 2.00. The van der Waals surface area contributed by atoms with Crippen molar-refractivity contribution in [3.8, 4) is 12.3 Å². The van der Waals surface area contributed by atoms with Crippen molar-refractivity contribution < 1.29 is 9.84 Å². The molecule has 0 radical (unpaired) electrons. The molecule has 74 valence electrons. The van der Waals surface area contributed by atoms with Crippen LogP contribution >= 0.6 is 0 Å². The normalized spacial score (nSPS) is 12.1. The summed E-state index contributed by atoms with van der Waals surface area (Å²) in [6.07, 6.45) is 5.00. The largest absolute Gasteiger partial charge is 0.394 e. The number of terminal acetylenes is 1. The standard InChI is InChI=1S/C12H14O2/c1-3-12(14-9-8-13)11-7-5-4-6-10(11)2/h1,4-7,12-13H,8-9H2,2H3/t12-/m1/s1. The van der Waals surface area contributed by atoms with Crippen molar-refractivity contribution in [2.75, 3.05) is 13.2 Å². The quantitative estimate of drug-likeness (QED) is 0.732. The molecule has 0 heterocycles. The van der Waals surface area contributed by atoms with Crippen LogP contribution in [0.2, 0.25) is 0 Å². The molecule has 1 N–H and O–H groups in total. The van der Waals surface area contributed by atoms with E-state index in [1.54, 1.807) is 0 Å². The monoisotopic (exact) mass is 190 g/mol. The third kappa shape index (κ3) is 2.59. The number of aliphatic hydroxyl groups excluding tert-OH is 1. The minimum Gasteiger partial charge on any atom is -0.394 e. The summed E-state index contributed by atoms with van der Waals surface area (Å²) in [5, 5.41) is 8.63. The van der Waals surface area contributed by atoms with Crippen LogP contribution in [0, 0.1) is 19.3 Å². The van der Waals surface area contributed by atoms with Crippen LogP contribution in [-0.2, 0) is 4.74 Å². The molecular weight excluding hydrogens is 176 g/mol. The maximum absolute atomic E-state index is 8.63. The maximum atomic E-state index is 8.63. The molecule has 0 saturated heterocycles. The molecule has 0 spiro atoms. The molecule has 1 aromatic rings. The van der Waals surface area contributed by atoms with Gasteiger partial charge in [0.1, 0.15) is 6.10 Å². The van der Waals surface area contributed by atoms with Gasteiger partial charge in [0.25, 0.3) is 0 Å². The molecule has 0 unspecified atom stereocenters. The van der Waals surface area contributed by atoms with Gasteiger partial charge < -0.3 is 9.84 Å². The first kappa shape index (κ1) is 10.8. The Morgan fingerprint density at radius 3 is 2.79 bits per heavy atom. The van der Waals surface area contributed by atoms with E-state index in [2.05, 4.69) is 5.92 Å². The van der Waals surface area contributed by atoms with Crippen LogP contribution in [-0.4, -0.2) is 18.3 Å². The first-order valence-corrected chi connectivity index (χ1v) is 4.53. The van der Waals surface area contributed by atoms with Crippen LogP contribution in [0.4, 0.5) is 0 Å². The van der Waals surface area contributed by atoms with E-state index < -0.39 is 0 Å². The second-order valence-corrected chi connectivity index (χ2v) is 3.00. The van der Waals surface area contributed by atoms with Crippen LogP contribution in [0.25, 0.3) is 0 Å². The summed E-state index contributed by atoms with van der Waals surface area (Å²) in [5.74, 6) is 2.56. The van der Waals surface area contributed by atoms with Crippen molar-refractivity contribution in [2.45, 2.75) is 13.0 Å². The summed E-state index contributed by atoms with van der Waals surface area (Å²) in [5.41, 5.74) is 2.09. The van der Waals surface area contributed by atoms with E-state index in [1.165, 1.54) is 0 Å². The minimum absolute atomic E-state index is 0.00986. The number of rotatable bonds is 4. The van der Waals surface area contributed by atoms with Gasteiger partial charge in [0.05, 0.1) is 13.2 Å². The number of ether oxygens (including phenoxy) is 1. The first-order chi connectivity index (χ1) is 6.79. The van der Waals surface area contributed by atoms with E-state index in [4.69, 9.17) is 16.3 Å². The highest BCUT2D eigenvalue weighted by Crippen LogP contribution is 2.19. The van der Waals surface area contributed by atoms with Gasteiger partial charge in [0, 0.05) is 0 Å². The van der Waals surface area contributed by atoms with E-state index in [9.17, 15) is 0 Å². The lowest BCUT2D eigenvalue weighted by Crippen LogP contribution is -2.07. The highest BCUT2D eigenvalue weighted by atomic mass is 16.5. The number of benzene rings is 1. The average Bonchev–Trinajstić information content (AvgIpc) is 2.21. The number of aryl methyl sites for hydroxylation is 1. The van der Waals surface area contributed by atoms with E-state index in [-0.39, 0.29) is 19.3 Å². The molecule has 1 atom stereocenters. The topological polar surface area (TPSA) is 29.5 Å². The Balaban J connectivity index is 2.80. The number of aliphatic hydroxyl groups is 1. The van der Waals surface area contributed by atoms with Gasteiger partial charge in [-0.1, -0.05) is 30.2 Å². The molecule has 1 aromatic carbocycles. The van der Waals surface area contributed by atoms with Gasteiger partial charge >= 0.3 is 0 Å². The van der Waals surface area contributed by atoms with Crippen molar-refractivity contribution >= 4 is 0 Å². The fourth-order valence-corrected chi connectivity index (χ4v) is 1.28. The predicted molar refractivity (Wildman–Crippen MR) is 55.8 cm³/mol. The van der Waals surface area contributed by atoms with Crippen molar-refractivity contribution in [2.24, 2.45) is 0 Å². The highest BCUT2D eigenvalue weighted by molar-refractivity contribution is 5.31. The molecule has 2 heteroatoms. The summed E-state index contributed by atoms with van der Waals surface area (Å²) in [6, 6.07) is 7.81. The Morgan fingerprint density at radius 2 is 2.21 bits per heavy atom. The molecule has 0 aromatic heterocycles. The first-order valence-electron chi connectivity index (χ1n) is 4.53. The summed E-state index contributed by atoms with van der Waals surface area (Å²) < 4.78 is 5.32. The van der Waals surface area contributed by atoms with Gasteiger partial charge in [0.2, 0.25) is 0 Å². The molecule has 2 nitrogen and oxygen atoms in total.